The number of rotatable bonds is 6. The Morgan fingerprint density at radius 2 is 1.69 bits per heavy atom. The summed E-state index contributed by atoms with van der Waals surface area (Å²) in [6.45, 7) is 2.52. The molecule has 0 radical (unpaired) electrons. The molecule has 0 aliphatic heterocycles. The first-order chi connectivity index (χ1) is 16.7. The minimum Gasteiger partial charge on any atom is -0.406 e. The number of hydrogen-bond donors (Lipinski definition) is 1. The van der Waals surface area contributed by atoms with Gasteiger partial charge < -0.3 is 14.4 Å². The fourth-order valence-corrected chi connectivity index (χ4v) is 3.33. The maximum Gasteiger partial charge on any atom is 0.573 e. The Kier molecular flexibility index (Phi) is 6.29. The van der Waals surface area contributed by atoms with Crippen molar-refractivity contribution >= 4 is 0 Å². The third-order valence-corrected chi connectivity index (χ3v) is 5.35. The molecule has 0 saturated carbocycles. The first kappa shape index (κ1) is 25.2. The highest BCUT2D eigenvalue weighted by Gasteiger charge is 2.51. The summed E-state index contributed by atoms with van der Waals surface area (Å²) in [6.07, 6.45) is -9.66. The summed E-state index contributed by atoms with van der Waals surface area (Å²) in [4.78, 5) is 4.22. The molecule has 0 fully saturated rings. The van der Waals surface area contributed by atoms with E-state index in [-0.39, 0.29) is 23.8 Å². The fourth-order valence-electron chi connectivity index (χ4n) is 3.33. The molecule has 0 aliphatic carbocycles. The number of aromatic nitrogens is 4. The molecule has 1 atom stereocenters. The van der Waals surface area contributed by atoms with Gasteiger partial charge in [0.05, 0.1) is 6.54 Å². The highest BCUT2D eigenvalue weighted by Crippen LogP contribution is 2.38. The number of hydrogen-bond acceptors (Lipinski definition) is 6. The number of aliphatic hydroxyl groups is 1. The summed E-state index contributed by atoms with van der Waals surface area (Å²) in [6, 6.07) is 12.0. The van der Waals surface area contributed by atoms with Crippen molar-refractivity contribution in [1.82, 2.24) is 19.9 Å². The highest BCUT2D eigenvalue weighted by atomic mass is 19.4. The Hall–Kier alpha value is -3.87. The lowest BCUT2D eigenvalue weighted by Crippen LogP contribution is -2.39. The molecule has 36 heavy (non-hydrogen) atoms. The van der Waals surface area contributed by atoms with Crippen LogP contribution in [-0.4, -0.2) is 37.6 Å². The van der Waals surface area contributed by atoms with Gasteiger partial charge in [-0.05, 0) is 55.3 Å². The van der Waals surface area contributed by atoms with E-state index in [9.17, 15) is 31.4 Å². The maximum absolute atomic E-state index is 13.2. The predicted octanol–water partition coefficient (Wildman–Crippen LogP) is 5.63. The van der Waals surface area contributed by atoms with Crippen LogP contribution in [0.5, 0.6) is 5.75 Å². The summed E-state index contributed by atoms with van der Waals surface area (Å²) in [5.74, 6) is -0.251. The minimum absolute atomic E-state index is 0.0382. The van der Waals surface area contributed by atoms with Crippen LogP contribution >= 0.6 is 0 Å². The number of alkyl halides is 6. The quantitative estimate of drug-likeness (QED) is 0.338. The molecule has 2 heterocycles. The van der Waals surface area contributed by atoms with Gasteiger partial charge in [0.1, 0.15) is 5.75 Å². The van der Waals surface area contributed by atoms with Crippen LogP contribution in [0.1, 0.15) is 23.7 Å². The normalized spacial score (nSPS) is 14.0. The smallest absolute Gasteiger partial charge is 0.406 e. The number of benzene rings is 2. The second kappa shape index (κ2) is 8.97. The van der Waals surface area contributed by atoms with E-state index in [0.29, 0.717) is 29.4 Å². The van der Waals surface area contributed by atoms with Crippen LogP contribution in [0.15, 0.2) is 59.1 Å². The second-order valence-electron chi connectivity index (χ2n) is 8.09. The minimum atomic E-state index is -4.85. The molecule has 2 aromatic carbocycles. The van der Waals surface area contributed by atoms with Crippen LogP contribution in [0.3, 0.4) is 0 Å². The first-order valence-electron chi connectivity index (χ1n) is 10.4. The maximum atomic E-state index is 13.2. The molecule has 1 N–H and O–H groups in total. The summed E-state index contributed by atoms with van der Waals surface area (Å²) in [5.41, 5.74) is -1.52. The topological polar surface area (TPSA) is 86.2 Å². The Bertz CT molecular complexity index is 1360. The van der Waals surface area contributed by atoms with Crippen molar-refractivity contribution in [3.63, 3.8) is 0 Å². The lowest BCUT2D eigenvalue weighted by molar-refractivity contribution is -0.274. The van der Waals surface area contributed by atoms with Crippen molar-refractivity contribution in [3.05, 3.63) is 71.4 Å². The van der Waals surface area contributed by atoms with Crippen molar-refractivity contribution in [2.75, 3.05) is 0 Å². The molecule has 4 rings (SSSR count). The molecule has 0 amide bonds. The molecular weight excluding hydrogens is 494 g/mol. The molecular formula is C23H18F6N4O3. The monoisotopic (exact) mass is 512 g/mol. The Balaban J connectivity index is 1.53. The van der Waals surface area contributed by atoms with Gasteiger partial charge >= 0.3 is 12.5 Å². The van der Waals surface area contributed by atoms with Crippen LogP contribution in [0.25, 0.3) is 23.0 Å². The third-order valence-electron chi connectivity index (χ3n) is 5.35. The van der Waals surface area contributed by atoms with Gasteiger partial charge in [0.15, 0.2) is 11.3 Å². The summed E-state index contributed by atoms with van der Waals surface area (Å²) in [7, 11) is 0. The molecule has 0 spiro atoms. The van der Waals surface area contributed by atoms with Gasteiger partial charge in [-0.25, -0.2) is 0 Å². The van der Waals surface area contributed by atoms with Gasteiger partial charge in [-0.3, -0.25) is 4.68 Å². The zero-order valence-electron chi connectivity index (χ0n) is 18.7. The molecule has 0 aliphatic rings. The lowest BCUT2D eigenvalue weighted by Gasteiger charge is -2.27. The van der Waals surface area contributed by atoms with Crippen LogP contribution in [0.4, 0.5) is 26.3 Å². The number of nitrogens with zero attached hydrogens (tertiary/aromatic N) is 4. The van der Waals surface area contributed by atoms with Crippen LogP contribution in [0, 0.1) is 6.92 Å². The number of ether oxygens (including phenoxy) is 1. The van der Waals surface area contributed by atoms with Gasteiger partial charge in [0.2, 0.25) is 5.82 Å². The standard InChI is InChI=1S/C23H18F6N4O3/c1-13-10-18(20-30-19(32-36-20)15-6-8-17(9-7-15)35-23(27,28)29)31-33(13)12-14-4-3-5-16(11-14)21(2,34)22(24,25)26/h3-11,34H,12H2,1-2H3. The zero-order valence-corrected chi connectivity index (χ0v) is 18.7. The van der Waals surface area contributed by atoms with E-state index < -0.39 is 23.9 Å². The van der Waals surface area contributed by atoms with Gasteiger partial charge in [-0.1, -0.05) is 29.4 Å². The fraction of sp³-hybridized carbons (Fsp3) is 0.261. The van der Waals surface area contributed by atoms with E-state index >= 15 is 0 Å². The second-order valence-corrected chi connectivity index (χ2v) is 8.09. The van der Waals surface area contributed by atoms with Crippen molar-refractivity contribution in [2.24, 2.45) is 0 Å². The molecule has 190 valence electrons. The zero-order chi connectivity index (χ0) is 26.3. The molecule has 13 heteroatoms. The van der Waals surface area contributed by atoms with Crippen LogP contribution in [-0.2, 0) is 12.1 Å². The number of aryl methyl sites for hydroxylation is 1. The molecule has 7 nitrogen and oxygen atoms in total. The lowest BCUT2D eigenvalue weighted by atomic mass is 9.94. The van der Waals surface area contributed by atoms with Crippen molar-refractivity contribution in [2.45, 2.75) is 38.5 Å². The van der Waals surface area contributed by atoms with Crippen LogP contribution < -0.4 is 4.74 Å². The Morgan fingerprint density at radius 1 is 1.00 bits per heavy atom. The first-order valence-corrected chi connectivity index (χ1v) is 10.4. The average molecular weight is 512 g/mol. The van der Waals surface area contributed by atoms with E-state index in [1.807, 2.05) is 0 Å². The van der Waals surface area contributed by atoms with Gasteiger partial charge in [0, 0.05) is 11.3 Å². The predicted molar refractivity (Wildman–Crippen MR) is 114 cm³/mol. The molecule has 0 saturated heterocycles. The van der Waals surface area contributed by atoms with E-state index in [0.717, 1.165) is 12.1 Å². The van der Waals surface area contributed by atoms with Crippen molar-refractivity contribution in [3.8, 4) is 28.7 Å². The number of halogens is 6. The van der Waals surface area contributed by atoms with E-state index in [1.54, 1.807) is 19.1 Å². The van der Waals surface area contributed by atoms with Gasteiger partial charge in [0.25, 0.3) is 5.89 Å². The van der Waals surface area contributed by atoms with E-state index in [2.05, 4.69) is 20.0 Å². The SMILES string of the molecule is Cc1cc(-c2nc(-c3ccc(OC(F)(F)F)cc3)no2)nn1Cc1cccc(C(C)(O)C(F)(F)F)c1. The van der Waals surface area contributed by atoms with Crippen molar-refractivity contribution in [1.29, 1.82) is 0 Å². The molecule has 1 unspecified atom stereocenters. The molecule has 0 bridgehead atoms. The Morgan fingerprint density at radius 3 is 2.33 bits per heavy atom. The highest BCUT2D eigenvalue weighted by molar-refractivity contribution is 5.59. The third kappa shape index (κ3) is 5.35. The molecule has 4 aromatic rings. The van der Waals surface area contributed by atoms with Gasteiger partial charge in [-0.2, -0.15) is 23.3 Å². The van der Waals surface area contributed by atoms with E-state index in [1.165, 1.54) is 35.0 Å². The summed E-state index contributed by atoms with van der Waals surface area (Å²) < 4.78 is 87.1. The Labute approximate surface area is 199 Å². The van der Waals surface area contributed by atoms with E-state index in [4.69, 9.17) is 4.52 Å². The summed E-state index contributed by atoms with van der Waals surface area (Å²) >= 11 is 0. The average Bonchev–Trinajstić information content (AvgIpc) is 3.40. The van der Waals surface area contributed by atoms with Crippen molar-refractivity contribution < 1.29 is 40.7 Å². The largest absolute Gasteiger partial charge is 0.573 e. The van der Waals surface area contributed by atoms with Crippen LogP contribution in [0.2, 0.25) is 0 Å². The van der Waals surface area contributed by atoms with Gasteiger partial charge in [-0.15, -0.1) is 13.2 Å². The molecule has 2 aromatic heterocycles. The summed E-state index contributed by atoms with van der Waals surface area (Å²) in [5, 5.41) is 18.1.